The highest BCUT2D eigenvalue weighted by Gasteiger charge is 2.16. The maximum absolute atomic E-state index is 8.78. The van der Waals surface area contributed by atoms with Gasteiger partial charge in [-0.15, -0.1) is 0 Å². The molecular weight excluding hydrogens is 212 g/mol. The third-order valence-electron chi connectivity index (χ3n) is 2.91. The fourth-order valence-corrected chi connectivity index (χ4v) is 1.56. The van der Waals surface area contributed by atoms with Crippen LogP contribution in [0, 0.1) is 25.2 Å². The van der Waals surface area contributed by atoms with Gasteiger partial charge in [0.2, 0.25) is 0 Å². The average Bonchev–Trinajstić information content (AvgIpc) is 2.30. The highest BCUT2D eigenvalue weighted by atomic mass is 16.5. The number of aryl methyl sites for hydroxylation is 1. The van der Waals surface area contributed by atoms with Crippen LogP contribution in [0.5, 0.6) is 5.75 Å². The van der Waals surface area contributed by atoms with E-state index in [4.69, 9.17) is 15.7 Å². The lowest BCUT2D eigenvalue weighted by atomic mass is 10.00. The molecule has 0 amide bonds. The van der Waals surface area contributed by atoms with Crippen molar-refractivity contribution in [2.45, 2.75) is 39.2 Å². The Morgan fingerprint density at radius 2 is 2.12 bits per heavy atom. The second kappa shape index (κ2) is 5.70. The summed E-state index contributed by atoms with van der Waals surface area (Å²) in [6.07, 6.45) is 1.43. The quantitative estimate of drug-likeness (QED) is 0.794. The van der Waals surface area contributed by atoms with Crippen LogP contribution in [0.2, 0.25) is 0 Å². The molecule has 0 saturated carbocycles. The first-order valence-corrected chi connectivity index (χ1v) is 5.85. The zero-order valence-corrected chi connectivity index (χ0v) is 10.8. The van der Waals surface area contributed by atoms with Crippen LogP contribution >= 0.6 is 0 Å². The molecule has 1 atom stereocenters. The van der Waals surface area contributed by atoms with Crippen LogP contribution in [0.4, 0.5) is 0 Å². The lowest BCUT2D eigenvalue weighted by Crippen LogP contribution is -2.34. The molecule has 0 bridgehead atoms. The van der Waals surface area contributed by atoms with Gasteiger partial charge in [-0.3, -0.25) is 0 Å². The van der Waals surface area contributed by atoms with E-state index in [0.717, 1.165) is 12.2 Å². The van der Waals surface area contributed by atoms with Crippen molar-refractivity contribution >= 4 is 0 Å². The zero-order chi connectivity index (χ0) is 12.9. The molecule has 0 aliphatic rings. The predicted molar refractivity (Wildman–Crippen MR) is 68.9 cm³/mol. The number of nitriles is 1. The van der Waals surface area contributed by atoms with Crippen LogP contribution in [0.3, 0.4) is 0 Å². The second-order valence-electron chi connectivity index (χ2n) is 4.68. The first-order valence-electron chi connectivity index (χ1n) is 5.85. The first kappa shape index (κ1) is 13.5. The monoisotopic (exact) mass is 232 g/mol. The summed E-state index contributed by atoms with van der Waals surface area (Å²) in [7, 11) is 0. The second-order valence-corrected chi connectivity index (χ2v) is 4.68. The van der Waals surface area contributed by atoms with Crippen molar-refractivity contribution in [2.75, 3.05) is 6.61 Å². The van der Waals surface area contributed by atoms with Crippen LogP contribution in [-0.4, -0.2) is 12.1 Å². The Morgan fingerprint density at radius 3 is 2.76 bits per heavy atom. The third-order valence-corrected chi connectivity index (χ3v) is 2.91. The fourth-order valence-electron chi connectivity index (χ4n) is 1.56. The maximum Gasteiger partial charge on any atom is 0.122 e. The van der Waals surface area contributed by atoms with Crippen LogP contribution in [0.15, 0.2) is 18.2 Å². The molecule has 2 N–H and O–H groups in total. The number of benzene rings is 1. The van der Waals surface area contributed by atoms with Crippen LogP contribution < -0.4 is 10.5 Å². The molecule has 92 valence electrons. The molecule has 0 fully saturated rings. The largest absolute Gasteiger partial charge is 0.493 e. The SMILES string of the molecule is Cc1cccc(OCCCC(C)(N)C#N)c1C. The van der Waals surface area contributed by atoms with Gasteiger partial charge in [-0.2, -0.15) is 5.26 Å². The fraction of sp³-hybridized carbons (Fsp3) is 0.500. The van der Waals surface area contributed by atoms with Crippen molar-refractivity contribution in [3.05, 3.63) is 29.3 Å². The summed E-state index contributed by atoms with van der Waals surface area (Å²) in [5.74, 6) is 0.917. The van der Waals surface area contributed by atoms with Gasteiger partial charge in [0, 0.05) is 0 Å². The van der Waals surface area contributed by atoms with E-state index >= 15 is 0 Å². The van der Waals surface area contributed by atoms with Gasteiger partial charge in [-0.05, 0) is 50.8 Å². The summed E-state index contributed by atoms with van der Waals surface area (Å²) >= 11 is 0. The van der Waals surface area contributed by atoms with Crippen molar-refractivity contribution in [2.24, 2.45) is 5.73 Å². The summed E-state index contributed by atoms with van der Waals surface area (Å²) in [4.78, 5) is 0. The van der Waals surface area contributed by atoms with Gasteiger partial charge in [0.15, 0.2) is 0 Å². The van der Waals surface area contributed by atoms with Crippen molar-refractivity contribution in [3.8, 4) is 11.8 Å². The number of hydrogen-bond acceptors (Lipinski definition) is 3. The smallest absolute Gasteiger partial charge is 0.122 e. The summed E-state index contributed by atoms with van der Waals surface area (Å²) in [5, 5.41) is 8.78. The summed E-state index contributed by atoms with van der Waals surface area (Å²) < 4.78 is 5.69. The van der Waals surface area contributed by atoms with Gasteiger partial charge in [0.25, 0.3) is 0 Å². The highest BCUT2D eigenvalue weighted by Crippen LogP contribution is 2.21. The minimum Gasteiger partial charge on any atom is -0.493 e. The number of hydrogen-bond donors (Lipinski definition) is 1. The highest BCUT2D eigenvalue weighted by molar-refractivity contribution is 5.38. The van der Waals surface area contributed by atoms with Crippen molar-refractivity contribution < 1.29 is 4.74 Å². The molecule has 0 aromatic heterocycles. The number of nitrogens with zero attached hydrogens (tertiary/aromatic N) is 1. The van der Waals surface area contributed by atoms with E-state index in [1.54, 1.807) is 6.92 Å². The molecule has 0 aliphatic heterocycles. The van der Waals surface area contributed by atoms with Crippen LogP contribution in [-0.2, 0) is 0 Å². The molecule has 1 aromatic carbocycles. The molecule has 0 heterocycles. The summed E-state index contributed by atoms with van der Waals surface area (Å²) in [5.41, 5.74) is 7.38. The van der Waals surface area contributed by atoms with Crippen molar-refractivity contribution in [1.82, 2.24) is 0 Å². The first-order chi connectivity index (χ1) is 7.96. The van der Waals surface area contributed by atoms with Crippen molar-refractivity contribution in [1.29, 1.82) is 5.26 Å². The Bertz CT molecular complexity index is 419. The van der Waals surface area contributed by atoms with E-state index in [1.165, 1.54) is 11.1 Å². The normalized spacial score (nSPS) is 13.8. The zero-order valence-electron chi connectivity index (χ0n) is 10.8. The lowest BCUT2D eigenvalue weighted by molar-refractivity contribution is 0.294. The van der Waals surface area contributed by atoms with E-state index in [0.29, 0.717) is 13.0 Å². The molecule has 0 spiro atoms. The third kappa shape index (κ3) is 4.08. The Morgan fingerprint density at radius 1 is 1.41 bits per heavy atom. The van der Waals surface area contributed by atoms with Crippen molar-refractivity contribution in [3.63, 3.8) is 0 Å². The summed E-state index contributed by atoms with van der Waals surface area (Å²) in [6.45, 7) is 6.45. The molecule has 1 aromatic rings. The molecule has 1 rings (SSSR count). The summed E-state index contributed by atoms with van der Waals surface area (Å²) in [6, 6.07) is 8.10. The van der Waals surface area contributed by atoms with E-state index in [1.807, 2.05) is 19.1 Å². The molecule has 1 unspecified atom stereocenters. The van der Waals surface area contributed by atoms with Gasteiger partial charge < -0.3 is 10.5 Å². The minimum absolute atomic E-state index is 0.596. The van der Waals surface area contributed by atoms with Gasteiger partial charge in [-0.25, -0.2) is 0 Å². The maximum atomic E-state index is 8.78. The Balaban J connectivity index is 2.42. The molecule has 3 nitrogen and oxygen atoms in total. The lowest BCUT2D eigenvalue weighted by Gasteiger charge is -2.15. The van der Waals surface area contributed by atoms with Crippen LogP contribution in [0.25, 0.3) is 0 Å². The topological polar surface area (TPSA) is 59.0 Å². The van der Waals surface area contributed by atoms with Gasteiger partial charge >= 0.3 is 0 Å². The van der Waals surface area contributed by atoms with Gasteiger partial charge in [0.05, 0.1) is 12.7 Å². The molecule has 0 saturated heterocycles. The average molecular weight is 232 g/mol. The van der Waals surface area contributed by atoms with E-state index < -0.39 is 5.54 Å². The Hall–Kier alpha value is -1.53. The van der Waals surface area contributed by atoms with Gasteiger partial charge in [0.1, 0.15) is 11.3 Å². The predicted octanol–water partition coefficient (Wildman–Crippen LogP) is 2.70. The number of rotatable bonds is 5. The number of nitrogens with two attached hydrogens (primary N) is 1. The standard InChI is InChI=1S/C14H20N2O/c1-11-6-4-7-13(12(11)2)17-9-5-8-14(3,16)10-15/h4,6-7H,5,8-9,16H2,1-3H3. The molecule has 0 aliphatic carbocycles. The van der Waals surface area contributed by atoms with E-state index in [9.17, 15) is 0 Å². The Labute approximate surface area is 103 Å². The molecule has 17 heavy (non-hydrogen) atoms. The molecule has 0 radical (unpaired) electrons. The van der Waals surface area contributed by atoms with E-state index in [2.05, 4.69) is 19.1 Å². The van der Waals surface area contributed by atoms with E-state index in [-0.39, 0.29) is 0 Å². The van der Waals surface area contributed by atoms with Gasteiger partial charge in [-0.1, -0.05) is 12.1 Å². The van der Waals surface area contributed by atoms with Crippen LogP contribution in [0.1, 0.15) is 30.9 Å². The molecule has 3 heteroatoms. The minimum atomic E-state index is -0.745. The number of ether oxygens (including phenoxy) is 1. The molecular formula is C14H20N2O. The Kier molecular flexibility index (Phi) is 4.53.